The minimum Gasteiger partial charge on any atom is -0.381 e. The van der Waals surface area contributed by atoms with E-state index in [9.17, 15) is 22.4 Å². The Morgan fingerprint density at radius 1 is 1.44 bits per heavy atom. The van der Waals surface area contributed by atoms with Gasteiger partial charge in [0.25, 0.3) is 5.91 Å². The van der Waals surface area contributed by atoms with Gasteiger partial charge in [-0.2, -0.15) is 13.2 Å². The van der Waals surface area contributed by atoms with Crippen LogP contribution in [0.5, 0.6) is 0 Å². The normalized spacial score (nSPS) is 11.3. The molecule has 0 aliphatic rings. The zero-order chi connectivity index (χ0) is 13.8. The molecule has 0 aliphatic carbocycles. The van der Waals surface area contributed by atoms with Gasteiger partial charge in [-0.05, 0) is 12.5 Å². The summed E-state index contributed by atoms with van der Waals surface area (Å²) in [4.78, 5) is 14.9. The van der Waals surface area contributed by atoms with Crippen LogP contribution in [0, 0.1) is 5.82 Å². The maximum atomic E-state index is 13.3. The van der Waals surface area contributed by atoms with Crippen molar-refractivity contribution in [1.29, 1.82) is 0 Å². The third kappa shape index (κ3) is 4.19. The van der Waals surface area contributed by atoms with Crippen LogP contribution in [0.25, 0.3) is 0 Å². The molecule has 0 radical (unpaired) electrons. The van der Waals surface area contributed by atoms with E-state index in [0.29, 0.717) is 0 Å². The lowest BCUT2D eigenvalue weighted by Gasteiger charge is -2.08. The highest BCUT2D eigenvalue weighted by Gasteiger charge is 2.26. The second-order valence-corrected chi connectivity index (χ2v) is 3.53. The number of carbonyl (C=O) groups excluding carboxylic acids is 1. The number of hydrogen-bond acceptors (Lipinski definition) is 3. The fourth-order valence-electron chi connectivity index (χ4n) is 1.22. The lowest BCUT2D eigenvalue weighted by Crippen LogP contribution is -2.26. The Balaban J connectivity index is 2.49. The van der Waals surface area contributed by atoms with Gasteiger partial charge in [-0.25, -0.2) is 9.37 Å². The number of halogens is 4. The van der Waals surface area contributed by atoms with Gasteiger partial charge in [0.2, 0.25) is 0 Å². The minimum atomic E-state index is -4.27. The topological polar surface area (TPSA) is 68.0 Å². The van der Waals surface area contributed by atoms with Gasteiger partial charge in [0, 0.05) is 19.2 Å². The molecule has 1 aromatic heterocycles. The monoisotopic (exact) mass is 265 g/mol. The Labute approximate surface area is 100 Å². The van der Waals surface area contributed by atoms with Crippen molar-refractivity contribution >= 4 is 11.7 Å². The highest BCUT2D eigenvalue weighted by atomic mass is 19.4. The van der Waals surface area contributed by atoms with E-state index in [1.165, 1.54) is 0 Å². The maximum absolute atomic E-state index is 13.3. The lowest BCUT2D eigenvalue weighted by molar-refractivity contribution is -0.135. The predicted molar refractivity (Wildman–Crippen MR) is 56.2 cm³/mol. The summed E-state index contributed by atoms with van der Waals surface area (Å²) in [7, 11) is 0. The van der Waals surface area contributed by atoms with E-state index in [0.717, 1.165) is 12.3 Å². The Morgan fingerprint density at radius 3 is 2.72 bits per heavy atom. The summed E-state index contributed by atoms with van der Waals surface area (Å²) in [6.45, 7) is -0.194. The van der Waals surface area contributed by atoms with Crippen molar-refractivity contribution in [2.24, 2.45) is 0 Å². The van der Waals surface area contributed by atoms with Crippen LogP contribution in [0.3, 0.4) is 0 Å². The fourth-order valence-corrected chi connectivity index (χ4v) is 1.22. The largest absolute Gasteiger partial charge is 0.389 e. The van der Waals surface area contributed by atoms with Gasteiger partial charge < -0.3 is 11.1 Å². The first-order valence-electron chi connectivity index (χ1n) is 5.06. The molecule has 8 heteroatoms. The molecule has 1 aromatic rings. The summed E-state index contributed by atoms with van der Waals surface area (Å²) in [6.07, 6.45) is -4.40. The smallest absolute Gasteiger partial charge is 0.381 e. The molecule has 0 aromatic carbocycles. The second-order valence-electron chi connectivity index (χ2n) is 3.53. The van der Waals surface area contributed by atoms with E-state index in [-0.39, 0.29) is 18.5 Å². The molecule has 1 heterocycles. The Kier molecular flexibility index (Phi) is 4.46. The standard InChI is InChI=1S/C10H11F4N3O/c11-7-6(2-5-16-8(7)15)9(18)17-4-1-3-10(12,13)14/h2,5H,1,3-4H2,(H2,15,16)(H,17,18). The molecule has 0 spiro atoms. The van der Waals surface area contributed by atoms with Gasteiger partial charge in [-0.1, -0.05) is 0 Å². The minimum absolute atomic E-state index is 0.194. The van der Waals surface area contributed by atoms with Crippen LogP contribution in [0.2, 0.25) is 0 Å². The average Bonchev–Trinajstić information content (AvgIpc) is 2.26. The Morgan fingerprint density at radius 2 is 2.11 bits per heavy atom. The Hall–Kier alpha value is -1.86. The predicted octanol–water partition coefficient (Wildman–Crippen LogP) is 1.88. The number of carbonyl (C=O) groups is 1. The zero-order valence-corrected chi connectivity index (χ0v) is 9.22. The molecule has 0 unspecified atom stereocenters. The van der Waals surface area contributed by atoms with Crippen molar-refractivity contribution in [3.63, 3.8) is 0 Å². The highest BCUT2D eigenvalue weighted by Crippen LogP contribution is 2.20. The van der Waals surface area contributed by atoms with Gasteiger partial charge >= 0.3 is 6.18 Å². The number of amides is 1. The maximum Gasteiger partial charge on any atom is 0.389 e. The zero-order valence-electron chi connectivity index (χ0n) is 9.22. The van der Waals surface area contributed by atoms with Gasteiger partial charge in [-0.3, -0.25) is 4.79 Å². The molecule has 1 amide bonds. The summed E-state index contributed by atoms with van der Waals surface area (Å²) < 4.78 is 48.8. The lowest BCUT2D eigenvalue weighted by atomic mass is 10.2. The van der Waals surface area contributed by atoms with Gasteiger partial charge in [0.1, 0.15) is 0 Å². The molecule has 0 saturated carbocycles. The third-order valence-electron chi connectivity index (χ3n) is 2.08. The van der Waals surface area contributed by atoms with Crippen molar-refractivity contribution in [3.8, 4) is 0 Å². The molecule has 3 N–H and O–H groups in total. The van der Waals surface area contributed by atoms with Crippen LogP contribution in [0.1, 0.15) is 23.2 Å². The molecule has 18 heavy (non-hydrogen) atoms. The fraction of sp³-hybridized carbons (Fsp3) is 0.400. The SMILES string of the molecule is Nc1nccc(C(=O)NCCCC(F)(F)F)c1F. The number of hydrogen-bond donors (Lipinski definition) is 2. The Bertz CT molecular complexity index is 434. The number of pyridine rings is 1. The van der Waals surface area contributed by atoms with Crippen molar-refractivity contribution in [3.05, 3.63) is 23.6 Å². The van der Waals surface area contributed by atoms with Crippen LogP contribution >= 0.6 is 0 Å². The molecular formula is C10H11F4N3O. The van der Waals surface area contributed by atoms with Crippen LogP contribution in [0.15, 0.2) is 12.3 Å². The second kappa shape index (κ2) is 5.65. The van der Waals surface area contributed by atoms with Crippen LogP contribution in [-0.2, 0) is 0 Å². The quantitative estimate of drug-likeness (QED) is 0.645. The van der Waals surface area contributed by atoms with Gasteiger partial charge in [0.15, 0.2) is 11.6 Å². The number of nitrogen functional groups attached to an aromatic ring is 1. The first-order chi connectivity index (χ1) is 8.31. The molecule has 0 saturated heterocycles. The van der Waals surface area contributed by atoms with Crippen molar-refractivity contribution in [2.45, 2.75) is 19.0 Å². The number of nitrogens with zero attached hydrogens (tertiary/aromatic N) is 1. The molecule has 1 rings (SSSR count). The molecular weight excluding hydrogens is 254 g/mol. The molecule has 100 valence electrons. The molecule has 0 fully saturated rings. The van der Waals surface area contributed by atoms with E-state index in [1.807, 2.05) is 0 Å². The molecule has 0 bridgehead atoms. The van der Waals surface area contributed by atoms with E-state index < -0.39 is 30.1 Å². The van der Waals surface area contributed by atoms with Crippen LogP contribution < -0.4 is 11.1 Å². The number of rotatable bonds is 4. The van der Waals surface area contributed by atoms with E-state index >= 15 is 0 Å². The number of nitrogens with two attached hydrogens (primary N) is 1. The number of anilines is 1. The average molecular weight is 265 g/mol. The summed E-state index contributed by atoms with van der Waals surface area (Å²) in [5.74, 6) is -2.23. The van der Waals surface area contributed by atoms with E-state index in [2.05, 4.69) is 10.3 Å². The number of aromatic nitrogens is 1. The molecule has 4 nitrogen and oxygen atoms in total. The summed E-state index contributed by atoms with van der Waals surface area (Å²) in [5.41, 5.74) is 4.82. The number of alkyl halides is 3. The van der Waals surface area contributed by atoms with Crippen molar-refractivity contribution < 1.29 is 22.4 Å². The van der Waals surface area contributed by atoms with Crippen LogP contribution in [-0.4, -0.2) is 23.6 Å². The summed E-state index contributed by atoms with van der Waals surface area (Å²) in [5, 5.41) is 2.18. The first kappa shape index (κ1) is 14.2. The first-order valence-corrected chi connectivity index (χ1v) is 5.06. The highest BCUT2D eigenvalue weighted by molar-refractivity contribution is 5.95. The van der Waals surface area contributed by atoms with Gasteiger partial charge in [-0.15, -0.1) is 0 Å². The van der Waals surface area contributed by atoms with Crippen LogP contribution in [0.4, 0.5) is 23.4 Å². The van der Waals surface area contributed by atoms with Crippen molar-refractivity contribution in [2.75, 3.05) is 12.3 Å². The van der Waals surface area contributed by atoms with Gasteiger partial charge in [0.05, 0.1) is 5.56 Å². The molecule has 0 atom stereocenters. The molecule has 0 aliphatic heterocycles. The summed E-state index contributed by atoms with van der Waals surface area (Å²) in [6, 6.07) is 1.10. The third-order valence-corrected chi connectivity index (χ3v) is 2.08. The summed E-state index contributed by atoms with van der Waals surface area (Å²) >= 11 is 0. The van der Waals surface area contributed by atoms with Crippen molar-refractivity contribution in [1.82, 2.24) is 10.3 Å². The van der Waals surface area contributed by atoms with E-state index in [4.69, 9.17) is 5.73 Å². The van der Waals surface area contributed by atoms with E-state index in [1.54, 1.807) is 0 Å². The number of nitrogens with one attached hydrogen (secondary N) is 1.